The van der Waals surface area contributed by atoms with Crippen molar-refractivity contribution in [3.63, 3.8) is 0 Å². The summed E-state index contributed by atoms with van der Waals surface area (Å²) >= 11 is 0. The zero-order valence-electron chi connectivity index (χ0n) is 15.1. The second kappa shape index (κ2) is 6.88. The minimum atomic E-state index is 0.0548. The van der Waals surface area contributed by atoms with Gasteiger partial charge in [0.15, 0.2) is 5.65 Å². The van der Waals surface area contributed by atoms with Crippen LogP contribution in [0, 0.1) is 0 Å². The number of nitrogens with one attached hydrogen (secondary N) is 1. The molecule has 4 rings (SSSR count). The lowest BCUT2D eigenvalue weighted by atomic mass is 10.0. The van der Waals surface area contributed by atoms with Gasteiger partial charge < -0.3 is 10.2 Å². The third kappa shape index (κ3) is 2.86. The van der Waals surface area contributed by atoms with Crippen molar-refractivity contribution >= 4 is 16.9 Å². The van der Waals surface area contributed by atoms with Crippen molar-refractivity contribution in [2.24, 2.45) is 0 Å². The van der Waals surface area contributed by atoms with E-state index in [9.17, 15) is 4.79 Å². The number of aromatic nitrogens is 3. The van der Waals surface area contributed by atoms with Crippen molar-refractivity contribution in [2.75, 3.05) is 19.6 Å². The Morgan fingerprint density at radius 2 is 2.12 bits per heavy atom. The Hall–Kier alpha value is -2.73. The van der Waals surface area contributed by atoms with Gasteiger partial charge in [0, 0.05) is 37.8 Å². The molecule has 6 heteroatoms. The zero-order valence-corrected chi connectivity index (χ0v) is 15.1. The number of carbonyl (C=O) groups excluding carboxylic acids is 1. The zero-order chi connectivity index (χ0) is 18.1. The number of piperazine rings is 1. The number of hydrogen-bond acceptors (Lipinski definition) is 4. The van der Waals surface area contributed by atoms with Gasteiger partial charge in [-0.05, 0) is 19.9 Å². The van der Waals surface area contributed by atoms with E-state index < -0.39 is 0 Å². The molecule has 6 nitrogen and oxygen atoms in total. The van der Waals surface area contributed by atoms with Crippen LogP contribution in [0.15, 0.2) is 42.6 Å². The predicted molar refractivity (Wildman–Crippen MR) is 102 cm³/mol. The molecule has 1 N–H and O–H groups in total. The van der Waals surface area contributed by atoms with Gasteiger partial charge in [0.05, 0.1) is 22.8 Å². The monoisotopic (exact) mass is 349 g/mol. The molecule has 0 saturated carbocycles. The maximum Gasteiger partial charge on any atom is 0.255 e. The molecule has 1 aromatic carbocycles. The van der Waals surface area contributed by atoms with Crippen molar-refractivity contribution in [3.05, 3.63) is 48.2 Å². The summed E-state index contributed by atoms with van der Waals surface area (Å²) < 4.78 is 1.85. The summed E-state index contributed by atoms with van der Waals surface area (Å²) in [6.07, 6.45) is 1.76. The molecular weight excluding hydrogens is 326 g/mol. The van der Waals surface area contributed by atoms with Gasteiger partial charge in [-0.2, -0.15) is 5.10 Å². The van der Waals surface area contributed by atoms with Gasteiger partial charge >= 0.3 is 0 Å². The number of nitrogens with zero attached hydrogens (tertiary/aromatic N) is 4. The summed E-state index contributed by atoms with van der Waals surface area (Å²) in [6.45, 7) is 7.18. The van der Waals surface area contributed by atoms with Gasteiger partial charge in [0.2, 0.25) is 0 Å². The smallest absolute Gasteiger partial charge is 0.255 e. The van der Waals surface area contributed by atoms with E-state index >= 15 is 0 Å². The van der Waals surface area contributed by atoms with E-state index in [1.807, 2.05) is 52.9 Å². The number of carbonyl (C=O) groups is 1. The van der Waals surface area contributed by atoms with Crippen molar-refractivity contribution in [1.29, 1.82) is 0 Å². The highest BCUT2D eigenvalue weighted by Gasteiger charge is 2.27. The highest BCUT2D eigenvalue weighted by molar-refractivity contribution is 6.06. The van der Waals surface area contributed by atoms with Gasteiger partial charge in [-0.1, -0.05) is 30.3 Å². The van der Waals surface area contributed by atoms with Crippen LogP contribution < -0.4 is 5.32 Å². The minimum absolute atomic E-state index is 0.0548. The van der Waals surface area contributed by atoms with Gasteiger partial charge in [-0.3, -0.25) is 4.79 Å². The number of fused-ring (bicyclic) bond motifs is 1. The summed E-state index contributed by atoms with van der Waals surface area (Å²) in [4.78, 5) is 20.1. The highest BCUT2D eigenvalue weighted by atomic mass is 16.2. The molecule has 0 bridgehead atoms. The Labute approximate surface area is 152 Å². The Morgan fingerprint density at radius 1 is 1.31 bits per heavy atom. The first-order chi connectivity index (χ1) is 12.7. The second-order valence-corrected chi connectivity index (χ2v) is 6.67. The molecule has 1 fully saturated rings. The third-order valence-corrected chi connectivity index (χ3v) is 4.97. The molecular formula is C20H23N5O. The molecule has 0 radical (unpaired) electrons. The molecule has 1 aliphatic rings. The molecule has 26 heavy (non-hydrogen) atoms. The van der Waals surface area contributed by atoms with E-state index in [4.69, 9.17) is 4.98 Å². The molecule has 1 aliphatic heterocycles. The van der Waals surface area contributed by atoms with Crippen molar-refractivity contribution in [2.45, 2.75) is 26.4 Å². The van der Waals surface area contributed by atoms with Gasteiger partial charge in [0.25, 0.3) is 5.91 Å². The molecule has 3 heterocycles. The lowest BCUT2D eigenvalue weighted by molar-refractivity contribution is 0.0658. The van der Waals surface area contributed by atoms with E-state index in [0.717, 1.165) is 35.4 Å². The van der Waals surface area contributed by atoms with Gasteiger partial charge in [-0.25, -0.2) is 9.67 Å². The average Bonchev–Trinajstić information content (AvgIpc) is 3.11. The maximum absolute atomic E-state index is 13.3. The standard InChI is InChI=1S/C20H23N5O/c1-3-25-19-17(13-22-25)16(20(26)24-10-9-21-12-14(24)2)11-18(23-19)15-7-5-4-6-8-15/h4-8,11,13-14,21H,3,9-10,12H2,1-2H3/t14-/m0/s1. The lowest BCUT2D eigenvalue weighted by Crippen LogP contribution is -2.52. The van der Waals surface area contributed by atoms with E-state index in [-0.39, 0.29) is 11.9 Å². The fraction of sp³-hybridized carbons (Fsp3) is 0.350. The molecule has 0 unspecified atom stereocenters. The van der Waals surface area contributed by atoms with Crippen LogP contribution >= 0.6 is 0 Å². The van der Waals surface area contributed by atoms with Crippen molar-refractivity contribution < 1.29 is 4.79 Å². The topological polar surface area (TPSA) is 63.1 Å². The van der Waals surface area contributed by atoms with E-state index in [1.165, 1.54) is 0 Å². The van der Waals surface area contributed by atoms with Crippen LogP contribution in [0.3, 0.4) is 0 Å². The number of pyridine rings is 1. The van der Waals surface area contributed by atoms with Gasteiger partial charge in [-0.15, -0.1) is 0 Å². The van der Waals surface area contributed by atoms with E-state index in [2.05, 4.69) is 17.3 Å². The normalized spacial score (nSPS) is 17.6. The molecule has 1 saturated heterocycles. The first-order valence-electron chi connectivity index (χ1n) is 9.12. The van der Waals surface area contributed by atoms with Crippen LogP contribution in [-0.2, 0) is 6.54 Å². The molecule has 2 aromatic heterocycles. The Balaban J connectivity index is 1.87. The summed E-state index contributed by atoms with van der Waals surface area (Å²) in [5.41, 5.74) is 3.25. The predicted octanol–water partition coefficient (Wildman–Crippen LogP) is 2.55. The lowest BCUT2D eigenvalue weighted by Gasteiger charge is -2.34. The van der Waals surface area contributed by atoms with Crippen LogP contribution in [0.5, 0.6) is 0 Å². The first kappa shape index (κ1) is 16.7. The van der Waals surface area contributed by atoms with Crippen LogP contribution in [-0.4, -0.2) is 51.2 Å². The first-order valence-corrected chi connectivity index (χ1v) is 9.12. The quantitative estimate of drug-likeness (QED) is 0.789. The van der Waals surface area contributed by atoms with Crippen LogP contribution in [0.4, 0.5) is 0 Å². The minimum Gasteiger partial charge on any atom is -0.333 e. The number of rotatable bonds is 3. The molecule has 0 aliphatic carbocycles. The SMILES string of the molecule is CCn1ncc2c(C(=O)N3CCNC[C@@H]3C)cc(-c3ccccc3)nc21. The highest BCUT2D eigenvalue weighted by Crippen LogP contribution is 2.26. The maximum atomic E-state index is 13.3. The van der Waals surface area contributed by atoms with Crippen LogP contribution in [0.2, 0.25) is 0 Å². The molecule has 134 valence electrons. The van der Waals surface area contributed by atoms with Crippen LogP contribution in [0.25, 0.3) is 22.3 Å². The summed E-state index contributed by atoms with van der Waals surface area (Å²) in [6, 6.07) is 12.1. The molecule has 1 atom stereocenters. The van der Waals surface area contributed by atoms with Crippen molar-refractivity contribution in [3.8, 4) is 11.3 Å². The fourth-order valence-corrected chi connectivity index (χ4v) is 3.51. The largest absolute Gasteiger partial charge is 0.333 e. The molecule has 3 aromatic rings. The van der Waals surface area contributed by atoms with E-state index in [0.29, 0.717) is 18.7 Å². The molecule has 1 amide bonds. The average molecular weight is 349 g/mol. The molecule has 0 spiro atoms. The Bertz CT molecular complexity index is 934. The summed E-state index contributed by atoms with van der Waals surface area (Å²) in [7, 11) is 0. The number of benzene rings is 1. The Morgan fingerprint density at radius 3 is 2.85 bits per heavy atom. The number of aryl methyl sites for hydroxylation is 1. The number of amides is 1. The second-order valence-electron chi connectivity index (χ2n) is 6.67. The third-order valence-electron chi connectivity index (χ3n) is 4.97. The fourth-order valence-electron chi connectivity index (χ4n) is 3.51. The number of hydrogen-bond donors (Lipinski definition) is 1. The Kier molecular flexibility index (Phi) is 4.42. The summed E-state index contributed by atoms with van der Waals surface area (Å²) in [5.74, 6) is 0.0548. The van der Waals surface area contributed by atoms with Gasteiger partial charge in [0.1, 0.15) is 0 Å². The van der Waals surface area contributed by atoms with Crippen molar-refractivity contribution in [1.82, 2.24) is 25.0 Å². The summed E-state index contributed by atoms with van der Waals surface area (Å²) in [5, 5.41) is 8.58. The van der Waals surface area contributed by atoms with Crippen LogP contribution in [0.1, 0.15) is 24.2 Å². The van der Waals surface area contributed by atoms with E-state index in [1.54, 1.807) is 6.20 Å².